The summed E-state index contributed by atoms with van der Waals surface area (Å²) in [5, 5.41) is 1.59. The number of hydrogen-bond donors (Lipinski definition) is 0. The average Bonchev–Trinajstić information content (AvgIpc) is 2.75. The quantitative estimate of drug-likeness (QED) is 0.699. The predicted octanol–water partition coefficient (Wildman–Crippen LogP) is 4.40. The van der Waals surface area contributed by atoms with Crippen LogP contribution >= 0.6 is 0 Å². The Morgan fingerprint density at radius 1 is 0.833 bits per heavy atom. The van der Waals surface area contributed by atoms with E-state index in [-0.39, 0.29) is 0 Å². The summed E-state index contributed by atoms with van der Waals surface area (Å²) in [5.41, 5.74) is 4.66. The summed E-state index contributed by atoms with van der Waals surface area (Å²) >= 11 is 0. The third-order valence-corrected chi connectivity index (χ3v) is 9.98. The van der Waals surface area contributed by atoms with E-state index in [4.69, 9.17) is 0 Å². The maximum Gasteiger partial charge on any atom is 0.102 e. The molecule has 0 unspecified atom stereocenters. The minimum atomic E-state index is -1.53. The standard InChI is InChI=1S/C17H23Si/c1-5-18(6-2,16-10-8-7-9-11-16)17-14(3)12-13-15(17)4/h7-13H,5-6H2,1-4H3. The molecule has 1 aromatic rings. The highest BCUT2D eigenvalue weighted by Gasteiger charge is 2.42. The summed E-state index contributed by atoms with van der Waals surface area (Å²) in [6, 6.07) is 13.8. The van der Waals surface area contributed by atoms with Crippen molar-refractivity contribution in [3.63, 3.8) is 0 Å². The molecule has 0 aromatic heterocycles. The zero-order valence-electron chi connectivity index (χ0n) is 12.0. The van der Waals surface area contributed by atoms with E-state index in [1.165, 1.54) is 23.2 Å². The molecule has 0 heterocycles. The van der Waals surface area contributed by atoms with Gasteiger partial charge in [0, 0.05) is 5.54 Å². The Morgan fingerprint density at radius 2 is 1.33 bits per heavy atom. The van der Waals surface area contributed by atoms with Crippen LogP contribution in [0.5, 0.6) is 0 Å². The van der Waals surface area contributed by atoms with Gasteiger partial charge < -0.3 is 0 Å². The lowest BCUT2D eigenvalue weighted by Crippen LogP contribution is -2.52. The van der Waals surface area contributed by atoms with Crippen LogP contribution in [0.1, 0.15) is 27.7 Å². The van der Waals surface area contributed by atoms with E-state index in [1.807, 2.05) is 0 Å². The lowest BCUT2D eigenvalue weighted by Gasteiger charge is -2.37. The second-order valence-corrected chi connectivity index (χ2v) is 9.89. The molecule has 95 valence electrons. The van der Waals surface area contributed by atoms with Gasteiger partial charge in [-0.25, -0.2) is 0 Å². The van der Waals surface area contributed by atoms with Crippen molar-refractivity contribution in [2.24, 2.45) is 0 Å². The van der Waals surface area contributed by atoms with Gasteiger partial charge in [0.1, 0.15) is 8.07 Å². The monoisotopic (exact) mass is 255 g/mol. The first-order chi connectivity index (χ1) is 8.65. The molecule has 1 radical (unpaired) electrons. The molecule has 0 N–H and O–H groups in total. The molecule has 0 atom stereocenters. The molecule has 18 heavy (non-hydrogen) atoms. The molecular formula is C17H23Si. The van der Waals surface area contributed by atoms with Gasteiger partial charge >= 0.3 is 0 Å². The Bertz CT molecular complexity index is 446. The van der Waals surface area contributed by atoms with Crippen molar-refractivity contribution in [2.45, 2.75) is 39.8 Å². The molecule has 0 amide bonds. The first kappa shape index (κ1) is 13.4. The van der Waals surface area contributed by atoms with Gasteiger partial charge in [0.25, 0.3) is 0 Å². The van der Waals surface area contributed by atoms with Crippen LogP contribution in [-0.4, -0.2) is 8.07 Å². The topological polar surface area (TPSA) is 0 Å². The van der Waals surface area contributed by atoms with Crippen LogP contribution in [0.4, 0.5) is 0 Å². The predicted molar refractivity (Wildman–Crippen MR) is 83.5 cm³/mol. The van der Waals surface area contributed by atoms with Gasteiger partial charge in [0.2, 0.25) is 0 Å². The number of allylic oxidation sites excluding steroid dienone is 4. The number of rotatable bonds is 4. The molecule has 1 aliphatic rings. The maximum atomic E-state index is 2.37. The zero-order valence-corrected chi connectivity index (χ0v) is 13.0. The molecule has 0 saturated heterocycles. The summed E-state index contributed by atoms with van der Waals surface area (Å²) in [4.78, 5) is 0. The first-order valence-corrected chi connectivity index (χ1v) is 9.36. The minimum Gasteiger partial charge on any atom is -0.0674 e. The van der Waals surface area contributed by atoms with Crippen molar-refractivity contribution < 1.29 is 0 Å². The van der Waals surface area contributed by atoms with Crippen LogP contribution in [0.15, 0.2) is 53.6 Å². The highest BCUT2D eigenvalue weighted by Crippen LogP contribution is 2.40. The summed E-state index contributed by atoms with van der Waals surface area (Å²) in [5.74, 6) is 0. The van der Waals surface area contributed by atoms with Gasteiger partial charge in [-0.15, -0.1) is 0 Å². The zero-order chi connectivity index (χ0) is 13.2. The average molecular weight is 255 g/mol. The van der Waals surface area contributed by atoms with Gasteiger partial charge in [-0.2, -0.15) is 0 Å². The molecule has 1 aromatic carbocycles. The summed E-state index contributed by atoms with van der Waals surface area (Å²) in [6.45, 7) is 9.29. The van der Waals surface area contributed by atoms with E-state index in [1.54, 1.807) is 10.7 Å². The molecule has 0 saturated carbocycles. The van der Waals surface area contributed by atoms with Crippen LogP contribution in [0, 0.1) is 5.54 Å². The molecular weight excluding hydrogens is 232 g/mol. The Morgan fingerprint density at radius 3 is 1.78 bits per heavy atom. The van der Waals surface area contributed by atoms with E-state index in [0.29, 0.717) is 0 Å². The molecule has 0 spiro atoms. The molecule has 0 aliphatic heterocycles. The minimum absolute atomic E-state index is 1.29. The lowest BCUT2D eigenvalue weighted by atomic mass is 10.2. The van der Waals surface area contributed by atoms with Gasteiger partial charge in [0.05, 0.1) is 0 Å². The largest absolute Gasteiger partial charge is 0.102 e. The van der Waals surface area contributed by atoms with E-state index >= 15 is 0 Å². The number of hydrogen-bond acceptors (Lipinski definition) is 0. The highest BCUT2D eigenvalue weighted by atomic mass is 28.3. The van der Waals surface area contributed by atoms with E-state index in [0.717, 1.165) is 0 Å². The first-order valence-electron chi connectivity index (χ1n) is 6.94. The molecule has 1 heteroatoms. The second-order valence-electron chi connectivity index (χ2n) is 5.23. The summed E-state index contributed by atoms with van der Waals surface area (Å²) < 4.78 is 0. The highest BCUT2D eigenvalue weighted by molar-refractivity contribution is 6.97. The summed E-state index contributed by atoms with van der Waals surface area (Å²) in [7, 11) is -1.53. The fourth-order valence-corrected chi connectivity index (χ4v) is 8.22. The van der Waals surface area contributed by atoms with Crippen LogP contribution in [0.2, 0.25) is 12.1 Å². The Hall–Kier alpha value is -1.08. The molecule has 0 fully saturated rings. The smallest absolute Gasteiger partial charge is 0.0674 e. The van der Waals surface area contributed by atoms with Gasteiger partial charge in [-0.3, -0.25) is 0 Å². The van der Waals surface area contributed by atoms with Crippen LogP contribution in [0.25, 0.3) is 0 Å². The Kier molecular flexibility index (Phi) is 3.91. The van der Waals surface area contributed by atoms with Gasteiger partial charge in [0.15, 0.2) is 0 Å². The van der Waals surface area contributed by atoms with Gasteiger partial charge in [-0.1, -0.05) is 84.8 Å². The molecule has 0 bridgehead atoms. The normalized spacial score (nSPS) is 16.7. The second kappa shape index (κ2) is 5.27. The van der Waals surface area contributed by atoms with Crippen molar-refractivity contribution >= 4 is 13.3 Å². The van der Waals surface area contributed by atoms with E-state index < -0.39 is 8.07 Å². The van der Waals surface area contributed by atoms with Crippen molar-refractivity contribution in [1.82, 2.24) is 0 Å². The van der Waals surface area contributed by atoms with Gasteiger partial charge in [-0.05, 0) is 13.8 Å². The fraction of sp³-hybridized carbons (Fsp3) is 0.353. The van der Waals surface area contributed by atoms with Crippen molar-refractivity contribution in [3.05, 3.63) is 59.2 Å². The maximum absolute atomic E-state index is 2.37. The fourth-order valence-electron chi connectivity index (χ4n) is 3.40. The van der Waals surface area contributed by atoms with Crippen molar-refractivity contribution in [1.29, 1.82) is 0 Å². The third kappa shape index (κ3) is 2.01. The Balaban J connectivity index is 2.52. The third-order valence-electron chi connectivity index (χ3n) is 4.38. The van der Waals surface area contributed by atoms with E-state index in [2.05, 4.69) is 70.2 Å². The number of benzene rings is 1. The summed E-state index contributed by atoms with van der Waals surface area (Å²) in [6.07, 6.45) is 4.58. The lowest BCUT2D eigenvalue weighted by molar-refractivity contribution is 1.18. The van der Waals surface area contributed by atoms with Crippen molar-refractivity contribution in [3.8, 4) is 0 Å². The van der Waals surface area contributed by atoms with E-state index in [9.17, 15) is 0 Å². The Labute approximate surface area is 112 Å². The molecule has 1 aliphatic carbocycles. The van der Waals surface area contributed by atoms with Crippen LogP contribution in [-0.2, 0) is 0 Å². The van der Waals surface area contributed by atoms with Crippen LogP contribution in [0.3, 0.4) is 0 Å². The molecule has 2 rings (SSSR count). The van der Waals surface area contributed by atoms with Crippen molar-refractivity contribution in [2.75, 3.05) is 0 Å². The van der Waals surface area contributed by atoms with Crippen LogP contribution < -0.4 is 5.19 Å². The SMILES string of the molecule is CC[Si](CC)([C]1C(C)=CC=C1C)c1ccccc1. The molecule has 0 nitrogen and oxygen atoms in total.